The van der Waals surface area contributed by atoms with Gasteiger partial charge in [-0.15, -0.1) is 0 Å². The highest BCUT2D eigenvalue weighted by Gasteiger charge is 2.30. The zero-order valence-corrected chi connectivity index (χ0v) is 21.1. The predicted octanol–water partition coefficient (Wildman–Crippen LogP) is 5.87. The van der Waals surface area contributed by atoms with E-state index in [9.17, 15) is 19.1 Å². The molecule has 0 aliphatic rings. The van der Waals surface area contributed by atoms with E-state index in [-0.39, 0.29) is 12.2 Å². The maximum atomic E-state index is 12.4. The molecule has 0 bridgehead atoms. The minimum atomic E-state index is -4.98. The van der Waals surface area contributed by atoms with Crippen LogP contribution in [-0.2, 0) is 9.30 Å². The summed E-state index contributed by atoms with van der Waals surface area (Å²) in [6.07, 6.45) is -0.731. The highest BCUT2D eigenvalue weighted by molar-refractivity contribution is 7.70. The predicted molar refractivity (Wildman–Crippen MR) is 141 cm³/mol. The summed E-state index contributed by atoms with van der Waals surface area (Å²) < 4.78 is 29.1. The van der Waals surface area contributed by atoms with E-state index in [4.69, 9.17) is 14.2 Å². The van der Waals surface area contributed by atoms with Crippen LogP contribution < -0.4 is 9.47 Å². The third-order valence-electron chi connectivity index (χ3n) is 5.67. The van der Waals surface area contributed by atoms with Crippen LogP contribution in [0.15, 0.2) is 103 Å². The van der Waals surface area contributed by atoms with Gasteiger partial charge in [-0.2, -0.15) is 0 Å². The van der Waals surface area contributed by atoms with Gasteiger partial charge in [-0.1, -0.05) is 72.8 Å². The fraction of sp³-hybridized carbons (Fsp3) is 0.138. The minimum Gasteiger partial charge on any atom is -0.491 e. The molecule has 0 fully saturated rings. The smallest absolute Gasteiger partial charge is 0.396 e. The Morgan fingerprint density at radius 2 is 1.43 bits per heavy atom. The summed E-state index contributed by atoms with van der Waals surface area (Å²) in [7, 11) is -3.43. The summed E-state index contributed by atoms with van der Waals surface area (Å²) >= 11 is 0. The van der Waals surface area contributed by atoms with Crippen molar-refractivity contribution in [2.24, 2.45) is 0 Å². The summed E-state index contributed by atoms with van der Waals surface area (Å²) in [6, 6.07) is 31.2. The van der Waals surface area contributed by atoms with Gasteiger partial charge in [0.05, 0.1) is 6.61 Å². The molecule has 4 rings (SSSR count). The molecule has 8 heteroatoms. The summed E-state index contributed by atoms with van der Waals surface area (Å²) in [5.41, 5.74) is 1.93. The van der Waals surface area contributed by atoms with Crippen LogP contribution in [0.2, 0.25) is 0 Å². The largest absolute Gasteiger partial charge is 0.491 e. The molecular weight excluding hydrogens is 491 g/mol. The van der Waals surface area contributed by atoms with Gasteiger partial charge in [-0.05, 0) is 47.0 Å². The molecule has 190 valence electrons. The standard InChI is InChI=1S/C29H27O7P/c1-34-18-19-35-27-17-14-24(29(30)37(31,32)33)20-26(27)28(23-10-6-3-7-11-23)36-25-15-12-22(13-16-25)21-8-4-2-5-9-21/h2-17,20,28H,18-19H2,1H3,(H2,31,32,33). The molecule has 37 heavy (non-hydrogen) atoms. The van der Waals surface area contributed by atoms with Crippen molar-refractivity contribution in [1.29, 1.82) is 0 Å². The number of ether oxygens (including phenoxy) is 3. The molecule has 4 aromatic carbocycles. The molecule has 2 N–H and O–H groups in total. The lowest BCUT2D eigenvalue weighted by Gasteiger charge is -2.23. The van der Waals surface area contributed by atoms with Crippen LogP contribution >= 0.6 is 7.60 Å². The molecule has 0 aliphatic carbocycles. The number of rotatable bonds is 11. The lowest BCUT2D eigenvalue weighted by Crippen LogP contribution is -2.14. The van der Waals surface area contributed by atoms with Crippen molar-refractivity contribution in [3.8, 4) is 22.6 Å². The van der Waals surface area contributed by atoms with Crippen LogP contribution in [0.5, 0.6) is 11.5 Å². The number of benzene rings is 4. The summed E-state index contributed by atoms with van der Waals surface area (Å²) in [6.45, 7) is 0.572. The number of carbonyl (C=O) groups excluding carboxylic acids is 1. The fourth-order valence-electron chi connectivity index (χ4n) is 3.85. The normalized spacial score (nSPS) is 12.1. The Balaban J connectivity index is 1.75. The van der Waals surface area contributed by atoms with Gasteiger partial charge in [0, 0.05) is 18.2 Å². The van der Waals surface area contributed by atoms with E-state index in [1.54, 1.807) is 7.11 Å². The van der Waals surface area contributed by atoms with Crippen molar-refractivity contribution in [1.82, 2.24) is 0 Å². The number of carbonyl (C=O) groups is 1. The van der Waals surface area contributed by atoms with Crippen LogP contribution in [0.4, 0.5) is 0 Å². The average Bonchev–Trinajstić information content (AvgIpc) is 2.92. The molecular formula is C29H27O7P. The van der Waals surface area contributed by atoms with Gasteiger partial charge in [0.15, 0.2) is 6.10 Å². The topological polar surface area (TPSA) is 102 Å². The Bertz CT molecular complexity index is 1370. The van der Waals surface area contributed by atoms with Crippen molar-refractivity contribution < 1.29 is 33.4 Å². The van der Waals surface area contributed by atoms with Crippen molar-refractivity contribution >= 4 is 13.1 Å². The van der Waals surface area contributed by atoms with Crippen molar-refractivity contribution in [3.05, 3.63) is 120 Å². The van der Waals surface area contributed by atoms with Crippen molar-refractivity contribution in [2.45, 2.75) is 6.10 Å². The molecule has 0 saturated heterocycles. The van der Waals surface area contributed by atoms with Gasteiger partial charge in [0.2, 0.25) is 0 Å². The molecule has 1 unspecified atom stereocenters. The quantitative estimate of drug-likeness (QED) is 0.189. The zero-order valence-electron chi connectivity index (χ0n) is 20.2. The van der Waals surface area contributed by atoms with Crippen molar-refractivity contribution in [2.75, 3.05) is 20.3 Å². The van der Waals surface area contributed by atoms with E-state index in [0.29, 0.717) is 23.7 Å². The van der Waals surface area contributed by atoms with E-state index >= 15 is 0 Å². The number of methoxy groups -OCH3 is 1. The lowest BCUT2D eigenvalue weighted by atomic mass is 9.98. The van der Waals surface area contributed by atoms with E-state index < -0.39 is 19.2 Å². The van der Waals surface area contributed by atoms with Gasteiger partial charge in [0.25, 0.3) is 5.52 Å². The summed E-state index contributed by atoms with van der Waals surface area (Å²) in [4.78, 5) is 31.3. The van der Waals surface area contributed by atoms with Gasteiger partial charge in [-0.3, -0.25) is 9.36 Å². The molecule has 0 amide bonds. The Labute approximate surface area is 215 Å². The molecule has 1 atom stereocenters. The number of hydrogen-bond acceptors (Lipinski definition) is 5. The molecule has 0 aromatic heterocycles. The summed E-state index contributed by atoms with van der Waals surface area (Å²) in [5, 5.41) is 0. The molecule has 0 spiro atoms. The maximum absolute atomic E-state index is 12.4. The van der Waals surface area contributed by atoms with E-state index in [1.165, 1.54) is 18.2 Å². The molecule has 7 nitrogen and oxygen atoms in total. The third-order valence-corrected chi connectivity index (χ3v) is 6.45. The van der Waals surface area contributed by atoms with Gasteiger partial charge >= 0.3 is 7.60 Å². The Morgan fingerprint density at radius 1 is 0.811 bits per heavy atom. The molecule has 0 heterocycles. The lowest BCUT2D eigenvalue weighted by molar-refractivity contribution is 0.104. The van der Waals surface area contributed by atoms with Gasteiger partial charge < -0.3 is 24.0 Å². The van der Waals surface area contributed by atoms with Crippen LogP contribution in [0.25, 0.3) is 11.1 Å². The van der Waals surface area contributed by atoms with E-state index in [2.05, 4.69) is 0 Å². The first kappa shape index (κ1) is 26.3. The Morgan fingerprint density at radius 3 is 2.05 bits per heavy atom. The SMILES string of the molecule is COCCOc1ccc(C(=O)P(=O)(O)O)cc1C(Oc1ccc(-c2ccccc2)cc1)c1ccccc1. The first-order chi connectivity index (χ1) is 17.9. The Kier molecular flexibility index (Phi) is 8.54. The second-order valence-electron chi connectivity index (χ2n) is 8.24. The fourth-order valence-corrected chi connectivity index (χ4v) is 4.33. The van der Waals surface area contributed by atoms with E-state index in [0.717, 1.165) is 16.7 Å². The van der Waals surface area contributed by atoms with E-state index in [1.807, 2.05) is 84.9 Å². The van der Waals surface area contributed by atoms with Gasteiger partial charge in [-0.25, -0.2) is 0 Å². The molecule has 0 aliphatic heterocycles. The van der Waals surface area contributed by atoms with Gasteiger partial charge in [0.1, 0.15) is 18.1 Å². The monoisotopic (exact) mass is 518 g/mol. The third kappa shape index (κ3) is 6.73. The first-order valence-electron chi connectivity index (χ1n) is 11.6. The molecule has 4 aromatic rings. The summed E-state index contributed by atoms with van der Waals surface area (Å²) in [5.74, 6) is 0.983. The second-order valence-corrected chi connectivity index (χ2v) is 9.74. The van der Waals surface area contributed by atoms with Crippen LogP contribution in [0.1, 0.15) is 27.6 Å². The highest BCUT2D eigenvalue weighted by atomic mass is 31.2. The number of hydrogen-bond donors (Lipinski definition) is 2. The minimum absolute atomic E-state index is 0.133. The Hall–Kier alpha value is -3.74. The maximum Gasteiger partial charge on any atom is 0.396 e. The highest BCUT2D eigenvalue weighted by Crippen LogP contribution is 2.42. The van der Waals surface area contributed by atoms with Crippen LogP contribution in [0, 0.1) is 0 Å². The zero-order chi connectivity index (χ0) is 26.3. The van der Waals surface area contributed by atoms with Crippen LogP contribution in [0.3, 0.4) is 0 Å². The van der Waals surface area contributed by atoms with Crippen LogP contribution in [-0.4, -0.2) is 35.6 Å². The average molecular weight is 519 g/mol. The van der Waals surface area contributed by atoms with Crippen molar-refractivity contribution in [3.63, 3.8) is 0 Å². The first-order valence-corrected chi connectivity index (χ1v) is 13.2. The second kappa shape index (κ2) is 12.0. The molecule has 0 saturated carbocycles. The molecule has 0 radical (unpaired) electrons.